The van der Waals surface area contributed by atoms with Gasteiger partial charge in [0.1, 0.15) is 0 Å². The van der Waals surface area contributed by atoms with E-state index in [2.05, 4.69) is 38.1 Å². The molecule has 26 heavy (non-hydrogen) atoms. The lowest BCUT2D eigenvalue weighted by molar-refractivity contribution is -0.130. The Labute approximate surface area is 157 Å². The minimum absolute atomic E-state index is 0.0441. The van der Waals surface area contributed by atoms with E-state index in [4.69, 9.17) is 4.74 Å². The Bertz CT molecular complexity index is 642. The Kier molecular flexibility index (Phi) is 5.19. The molecule has 2 fully saturated rings. The molecule has 0 unspecified atom stereocenters. The highest BCUT2D eigenvalue weighted by Crippen LogP contribution is 2.49. The zero-order valence-corrected chi connectivity index (χ0v) is 16.7. The minimum atomic E-state index is -0.562. The van der Waals surface area contributed by atoms with Crippen LogP contribution < -0.4 is 4.90 Å². The first-order valence-electron chi connectivity index (χ1n) is 9.89. The minimum Gasteiger partial charge on any atom is -0.390 e. The van der Waals surface area contributed by atoms with Gasteiger partial charge in [-0.2, -0.15) is 0 Å². The average molecular weight is 360 g/mol. The summed E-state index contributed by atoms with van der Waals surface area (Å²) in [4.78, 5) is 15.1. The van der Waals surface area contributed by atoms with Crippen LogP contribution in [0.25, 0.3) is 0 Å². The molecule has 0 atom stereocenters. The van der Waals surface area contributed by atoms with Gasteiger partial charge in [-0.15, -0.1) is 0 Å². The molecule has 1 aromatic carbocycles. The second-order valence-electron chi connectivity index (χ2n) is 8.93. The van der Waals surface area contributed by atoms with Crippen LogP contribution in [0.15, 0.2) is 24.3 Å². The zero-order chi connectivity index (χ0) is 19.0. The van der Waals surface area contributed by atoms with Crippen LogP contribution >= 0.6 is 0 Å². The molecule has 4 nitrogen and oxygen atoms in total. The Morgan fingerprint density at radius 3 is 2.27 bits per heavy atom. The third kappa shape index (κ3) is 3.41. The van der Waals surface area contributed by atoms with Crippen molar-refractivity contribution in [2.75, 3.05) is 25.2 Å². The lowest BCUT2D eigenvalue weighted by atomic mass is 9.67. The van der Waals surface area contributed by atoms with Crippen molar-refractivity contribution >= 4 is 11.6 Å². The molecular formula is C22H33NO3. The number of aliphatic hydroxyl groups is 1. The molecule has 0 bridgehead atoms. The fourth-order valence-electron chi connectivity index (χ4n) is 4.62. The van der Waals surface area contributed by atoms with Gasteiger partial charge >= 0.3 is 0 Å². The van der Waals surface area contributed by atoms with Crippen LogP contribution in [0.1, 0.15) is 64.9 Å². The fraction of sp³-hybridized carbons (Fsp3) is 0.682. The number of carbonyl (C=O) groups is 1. The number of amides is 1. The molecule has 1 aliphatic heterocycles. The van der Waals surface area contributed by atoms with E-state index < -0.39 is 5.60 Å². The first kappa shape index (κ1) is 19.4. The van der Waals surface area contributed by atoms with Gasteiger partial charge in [0.25, 0.3) is 0 Å². The fourth-order valence-corrected chi connectivity index (χ4v) is 4.62. The maximum atomic E-state index is 13.2. The van der Waals surface area contributed by atoms with Gasteiger partial charge in [-0.05, 0) is 56.2 Å². The van der Waals surface area contributed by atoms with Crippen molar-refractivity contribution in [1.29, 1.82) is 0 Å². The smallest absolute Gasteiger partial charge is 0.233 e. The van der Waals surface area contributed by atoms with Crippen molar-refractivity contribution in [3.05, 3.63) is 29.8 Å². The molecular weight excluding hydrogens is 326 g/mol. The van der Waals surface area contributed by atoms with Crippen LogP contribution in [0.4, 0.5) is 5.69 Å². The number of nitrogens with zero attached hydrogens (tertiary/aromatic N) is 1. The summed E-state index contributed by atoms with van der Waals surface area (Å²) in [6.07, 6.45) is 4.79. The molecule has 1 spiro atoms. The Hall–Kier alpha value is -1.39. The molecule has 1 saturated carbocycles. The van der Waals surface area contributed by atoms with E-state index in [1.165, 1.54) is 5.56 Å². The molecule has 144 valence electrons. The Morgan fingerprint density at radius 1 is 1.12 bits per heavy atom. The van der Waals surface area contributed by atoms with E-state index in [0.717, 1.165) is 50.8 Å². The standard InChI is InChI=1S/C22H33NO3/c1-5-22(25)12-10-21(11-13-22)14-15-23(19(21)24)18-8-6-17(7-9-18)20(2,3)16-26-4/h6-9,25H,5,10-16H2,1-4H3. The van der Waals surface area contributed by atoms with Gasteiger partial charge in [0, 0.05) is 24.8 Å². The van der Waals surface area contributed by atoms with Gasteiger partial charge in [0.15, 0.2) is 0 Å². The van der Waals surface area contributed by atoms with E-state index in [9.17, 15) is 9.90 Å². The third-order valence-electron chi connectivity index (χ3n) is 6.77. The maximum absolute atomic E-state index is 13.2. The van der Waals surface area contributed by atoms with E-state index >= 15 is 0 Å². The van der Waals surface area contributed by atoms with Crippen molar-refractivity contribution < 1.29 is 14.6 Å². The average Bonchev–Trinajstić information content (AvgIpc) is 2.95. The molecule has 1 amide bonds. The van der Waals surface area contributed by atoms with Crippen LogP contribution in [0.2, 0.25) is 0 Å². The molecule has 3 rings (SSSR count). The lowest BCUT2D eigenvalue weighted by Crippen LogP contribution is -2.43. The summed E-state index contributed by atoms with van der Waals surface area (Å²) in [6, 6.07) is 8.36. The Balaban J connectivity index is 1.73. The molecule has 1 aromatic rings. The number of carbonyl (C=O) groups excluding carboxylic acids is 1. The van der Waals surface area contributed by atoms with Crippen molar-refractivity contribution in [2.24, 2.45) is 5.41 Å². The van der Waals surface area contributed by atoms with Crippen LogP contribution in [0.3, 0.4) is 0 Å². The molecule has 1 N–H and O–H groups in total. The number of benzene rings is 1. The monoisotopic (exact) mass is 359 g/mol. The van der Waals surface area contributed by atoms with Gasteiger partial charge in [0.05, 0.1) is 17.6 Å². The van der Waals surface area contributed by atoms with Crippen LogP contribution in [0.5, 0.6) is 0 Å². The second-order valence-corrected chi connectivity index (χ2v) is 8.93. The third-order valence-corrected chi connectivity index (χ3v) is 6.77. The predicted molar refractivity (Wildman–Crippen MR) is 104 cm³/mol. The van der Waals surface area contributed by atoms with Crippen LogP contribution in [-0.4, -0.2) is 36.9 Å². The van der Waals surface area contributed by atoms with E-state index in [-0.39, 0.29) is 16.7 Å². The van der Waals surface area contributed by atoms with Crippen LogP contribution in [-0.2, 0) is 14.9 Å². The van der Waals surface area contributed by atoms with Crippen molar-refractivity contribution in [3.63, 3.8) is 0 Å². The molecule has 2 aliphatic rings. The topological polar surface area (TPSA) is 49.8 Å². The highest BCUT2D eigenvalue weighted by molar-refractivity contribution is 6.00. The van der Waals surface area contributed by atoms with Crippen molar-refractivity contribution in [1.82, 2.24) is 0 Å². The number of hydrogen-bond acceptors (Lipinski definition) is 3. The quantitative estimate of drug-likeness (QED) is 0.863. The molecule has 4 heteroatoms. The summed E-state index contributed by atoms with van der Waals surface area (Å²) in [5.41, 5.74) is 1.34. The molecule has 0 aromatic heterocycles. The van der Waals surface area contributed by atoms with Gasteiger partial charge < -0.3 is 14.7 Å². The lowest BCUT2D eigenvalue weighted by Gasteiger charge is -2.40. The predicted octanol–water partition coefficient (Wildman–Crippen LogP) is 4.05. The summed E-state index contributed by atoms with van der Waals surface area (Å²) in [7, 11) is 1.72. The summed E-state index contributed by atoms with van der Waals surface area (Å²) in [6.45, 7) is 7.81. The normalized spacial score (nSPS) is 29.6. The first-order chi connectivity index (χ1) is 12.3. The maximum Gasteiger partial charge on any atom is 0.233 e. The summed E-state index contributed by atoms with van der Waals surface area (Å²) in [5, 5.41) is 10.5. The number of hydrogen-bond donors (Lipinski definition) is 1. The largest absolute Gasteiger partial charge is 0.390 e. The molecule has 1 aliphatic carbocycles. The van der Waals surface area contributed by atoms with Crippen molar-refractivity contribution in [2.45, 2.75) is 70.3 Å². The molecule has 1 heterocycles. The highest BCUT2D eigenvalue weighted by atomic mass is 16.5. The highest BCUT2D eigenvalue weighted by Gasteiger charge is 2.51. The van der Waals surface area contributed by atoms with Crippen molar-refractivity contribution in [3.8, 4) is 0 Å². The van der Waals surface area contributed by atoms with Gasteiger partial charge in [-0.3, -0.25) is 4.79 Å². The first-order valence-corrected chi connectivity index (χ1v) is 9.89. The van der Waals surface area contributed by atoms with E-state index in [1.807, 2.05) is 11.8 Å². The molecule has 1 saturated heterocycles. The van der Waals surface area contributed by atoms with Gasteiger partial charge in [-0.1, -0.05) is 32.9 Å². The van der Waals surface area contributed by atoms with E-state index in [1.54, 1.807) is 7.11 Å². The van der Waals surface area contributed by atoms with Gasteiger partial charge in [-0.25, -0.2) is 0 Å². The SMILES string of the molecule is CCC1(O)CCC2(CCN(c3ccc(C(C)(C)COC)cc3)C2=O)CC1. The second kappa shape index (κ2) is 6.97. The van der Waals surface area contributed by atoms with E-state index in [0.29, 0.717) is 6.61 Å². The van der Waals surface area contributed by atoms with Crippen LogP contribution in [0, 0.1) is 5.41 Å². The summed E-state index contributed by atoms with van der Waals surface area (Å²) in [5.74, 6) is 0.250. The summed E-state index contributed by atoms with van der Waals surface area (Å²) < 4.78 is 5.32. The summed E-state index contributed by atoms with van der Waals surface area (Å²) >= 11 is 0. The molecule has 0 radical (unpaired) electrons. The Morgan fingerprint density at radius 2 is 1.73 bits per heavy atom. The zero-order valence-electron chi connectivity index (χ0n) is 16.7. The number of rotatable bonds is 5. The van der Waals surface area contributed by atoms with Gasteiger partial charge in [0.2, 0.25) is 5.91 Å². The number of methoxy groups -OCH3 is 1. The number of ether oxygens (including phenoxy) is 1. The number of anilines is 1.